The summed E-state index contributed by atoms with van der Waals surface area (Å²) in [5, 5.41) is 0.428. The predicted molar refractivity (Wildman–Crippen MR) is 59.3 cm³/mol. The maximum atomic E-state index is 13.5. The normalized spacial score (nSPS) is 18.0. The Morgan fingerprint density at radius 1 is 1.50 bits per heavy atom. The number of hydrogen-bond donors (Lipinski definition) is 0. The van der Waals surface area contributed by atoms with Crippen LogP contribution in [-0.4, -0.2) is 19.0 Å². The molecular weight excluding hydrogens is 231 g/mol. The highest BCUT2D eigenvalue weighted by molar-refractivity contribution is 6.32. The molecule has 1 fully saturated rings. The van der Waals surface area contributed by atoms with Gasteiger partial charge in [-0.05, 0) is 37.1 Å². The molecule has 16 heavy (non-hydrogen) atoms. The van der Waals surface area contributed by atoms with Crippen LogP contribution in [0.25, 0.3) is 0 Å². The van der Waals surface area contributed by atoms with Crippen molar-refractivity contribution >= 4 is 17.4 Å². The summed E-state index contributed by atoms with van der Waals surface area (Å²) in [6.07, 6.45) is 0. The predicted octanol–water partition coefficient (Wildman–Crippen LogP) is 2.64. The lowest BCUT2D eigenvalue weighted by Gasteiger charge is -2.40. The Labute approximate surface area is 98.4 Å². The smallest absolute Gasteiger partial charge is 0.145 e. The lowest BCUT2D eigenvalue weighted by atomic mass is 9.75. The van der Waals surface area contributed by atoms with Gasteiger partial charge in [0.25, 0.3) is 0 Å². The SMILES string of the molecule is CC(=O)C1(c2cc(F)c(C)cc2Cl)COC1. The van der Waals surface area contributed by atoms with Crippen LogP contribution in [0.4, 0.5) is 4.39 Å². The van der Waals surface area contributed by atoms with Crippen molar-refractivity contribution in [1.82, 2.24) is 0 Å². The van der Waals surface area contributed by atoms with E-state index in [0.717, 1.165) is 0 Å². The van der Waals surface area contributed by atoms with Gasteiger partial charge in [0.1, 0.15) is 17.0 Å². The second-order valence-electron chi connectivity index (χ2n) is 4.21. The molecular formula is C12H12ClFO2. The summed E-state index contributed by atoms with van der Waals surface area (Å²) in [4.78, 5) is 11.6. The molecule has 0 aromatic heterocycles. The van der Waals surface area contributed by atoms with Crippen molar-refractivity contribution in [2.24, 2.45) is 0 Å². The van der Waals surface area contributed by atoms with E-state index in [4.69, 9.17) is 16.3 Å². The highest BCUT2D eigenvalue weighted by Gasteiger charge is 2.46. The summed E-state index contributed by atoms with van der Waals surface area (Å²) in [5.74, 6) is -0.379. The van der Waals surface area contributed by atoms with Crippen molar-refractivity contribution in [3.8, 4) is 0 Å². The molecule has 0 spiro atoms. The third-order valence-corrected chi connectivity index (χ3v) is 3.45. The molecule has 1 aromatic rings. The van der Waals surface area contributed by atoms with E-state index in [1.165, 1.54) is 13.0 Å². The first-order valence-corrected chi connectivity index (χ1v) is 5.40. The zero-order valence-corrected chi connectivity index (χ0v) is 9.90. The Kier molecular flexibility index (Phi) is 2.76. The molecule has 86 valence electrons. The molecule has 0 aliphatic carbocycles. The number of benzene rings is 1. The first kappa shape index (κ1) is 11.6. The molecule has 1 heterocycles. The highest BCUT2D eigenvalue weighted by atomic mass is 35.5. The van der Waals surface area contributed by atoms with Crippen LogP contribution in [0.2, 0.25) is 5.02 Å². The van der Waals surface area contributed by atoms with Gasteiger partial charge in [-0.15, -0.1) is 0 Å². The maximum Gasteiger partial charge on any atom is 0.145 e. The lowest BCUT2D eigenvalue weighted by molar-refractivity contribution is -0.140. The van der Waals surface area contributed by atoms with Gasteiger partial charge in [-0.2, -0.15) is 0 Å². The van der Waals surface area contributed by atoms with Crippen molar-refractivity contribution in [2.75, 3.05) is 13.2 Å². The van der Waals surface area contributed by atoms with Crippen molar-refractivity contribution < 1.29 is 13.9 Å². The number of aryl methyl sites for hydroxylation is 1. The monoisotopic (exact) mass is 242 g/mol. The summed E-state index contributed by atoms with van der Waals surface area (Å²) >= 11 is 6.07. The second-order valence-corrected chi connectivity index (χ2v) is 4.62. The number of ether oxygens (including phenoxy) is 1. The minimum Gasteiger partial charge on any atom is -0.378 e. The number of rotatable bonds is 2. The van der Waals surface area contributed by atoms with E-state index < -0.39 is 5.41 Å². The third kappa shape index (κ3) is 1.55. The first-order chi connectivity index (χ1) is 7.47. The van der Waals surface area contributed by atoms with Crippen LogP contribution >= 0.6 is 11.6 Å². The van der Waals surface area contributed by atoms with Gasteiger partial charge >= 0.3 is 0 Å². The van der Waals surface area contributed by atoms with Gasteiger partial charge < -0.3 is 4.74 Å². The molecule has 0 N–H and O–H groups in total. The fourth-order valence-corrected chi connectivity index (χ4v) is 2.27. The van der Waals surface area contributed by atoms with Crippen molar-refractivity contribution in [3.05, 3.63) is 34.1 Å². The zero-order valence-electron chi connectivity index (χ0n) is 9.14. The molecule has 0 bridgehead atoms. The van der Waals surface area contributed by atoms with Crippen LogP contribution in [0, 0.1) is 12.7 Å². The lowest BCUT2D eigenvalue weighted by Crippen LogP contribution is -2.52. The van der Waals surface area contributed by atoms with Crippen LogP contribution in [0.1, 0.15) is 18.1 Å². The number of halogens is 2. The molecule has 1 saturated heterocycles. The summed E-state index contributed by atoms with van der Waals surface area (Å²) in [6.45, 7) is 3.69. The number of hydrogen-bond acceptors (Lipinski definition) is 2. The Balaban J connectivity index is 2.55. The van der Waals surface area contributed by atoms with E-state index in [2.05, 4.69) is 0 Å². The molecule has 0 radical (unpaired) electrons. The summed E-state index contributed by atoms with van der Waals surface area (Å²) in [7, 11) is 0. The largest absolute Gasteiger partial charge is 0.378 e. The molecule has 2 nitrogen and oxygen atoms in total. The number of ketones is 1. The van der Waals surface area contributed by atoms with Gasteiger partial charge in [0.2, 0.25) is 0 Å². The van der Waals surface area contributed by atoms with E-state index in [1.807, 2.05) is 0 Å². The van der Waals surface area contributed by atoms with E-state index in [0.29, 0.717) is 16.1 Å². The van der Waals surface area contributed by atoms with Crippen LogP contribution in [0.5, 0.6) is 0 Å². The van der Waals surface area contributed by atoms with Gasteiger partial charge in [0, 0.05) is 5.02 Å². The fraction of sp³-hybridized carbons (Fsp3) is 0.417. The fourth-order valence-electron chi connectivity index (χ4n) is 1.87. The third-order valence-electron chi connectivity index (χ3n) is 3.13. The van der Waals surface area contributed by atoms with E-state index in [-0.39, 0.29) is 24.8 Å². The van der Waals surface area contributed by atoms with Crippen LogP contribution in [0.15, 0.2) is 12.1 Å². The molecule has 1 aromatic carbocycles. The molecule has 2 rings (SSSR count). The molecule has 0 saturated carbocycles. The van der Waals surface area contributed by atoms with Gasteiger partial charge in [-0.1, -0.05) is 11.6 Å². The summed E-state index contributed by atoms with van der Waals surface area (Å²) < 4.78 is 18.6. The zero-order chi connectivity index (χ0) is 11.9. The highest BCUT2D eigenvalue weighted by Crippen LogP contribution is 2.38. The van der Waals surface area contributed by atoms with Gasteiger partial charge in [-0.3, -0.25) is 4.79 Å². The van der Waals surface area contributed by atoms with E-state index in [1.54, 1.807) is 13.0 Å². The molecule has 0 unspecified atom stereocenters. The maximum absolute atomic E-state index is 13.5. The topological polar surface area (TPSA) is 26.3 Å². The Hall–Kier alpha value is -0.930. The summed E-state index contributed by atoms with van der Waals surface area (Å²) in [5.41, 5.74) is 0.273. The van der Waals surface area contributed by atoms with Crippen molar-refractivity contribution in [1.29, 1.82) is 0 Å². The van der Waals surface area contributed by atoms with Crippen LogP contribution in [-0.2, 0) is 14.9 Å². The Bertz CT molecular complexity index is 453. The molecule has 4 heteroatoms. The molecule has 0 atom stereocenters. The number of carbonyl (C=O) groups excluding carboxylic acids is 1. The second kappa shape index (κ2) is 3.82. The van der Waals surface area contributed by atoms with Crippen molar-refractivity contribution in [2.45, 2.75) is 19.3 Å². The van der Waals surface area contributed by atoms with Crippen LogP contribution in [0.3, 0.4) is 0 Å². The molecule has 1 aliphatic heterocycles. The van der Waals surface area contributed by atoms with Gasteiger partial charge in [-0.25, -0.2) is 4.39 Å². The Morgan fingerprint density at radius 3 is 2.56 bits per heavy atom. The van der Waals surface area contributed by atoms with E-state index in [9.17, 15) is 9.18 Å². The number of Topliss-reactive ketones (excluding diaryl/α,β-unsaturated/α-hetero) is 1. The standard InChI is InChI=1S/C12H12ClFO2/c1-7-3-10(13)9(4-11(7)14)12(8(2)15)5-16-6-12/h3-4H,5-6H2,1-2H3. The Morgan fingerprint density at radius 2 is 2.12 bits per heavy atom. The van der Waals surface area contributed by atoms with E-state index >= 15 is 0 Å². The number of carbonyl (C=O) groups is 1. The average molecular weight is 243 g/mol. The van der Waals surface area contributed by atoms with Crippen LogP contribution < -0.4 is 0 Å². The molecule has 1 aliphatic rings. The quantitative estimate of drug-likeness (QED) is 0.797. The minimum absolute atomic E-state index is 0.0381. The first-order valence-electron chi connectivity index (χ1n) is 5.02. The van der Waals surface area contributed by atoms with Gasteiger partial charge in [0.15, 0.2) is 0 Å². The van der Waals surface area contributed by atoms with Crippen molar-refractivity contribution in [3.63, 3.8) is 0 Å². The van der Waals surface area contributed by atoms with Gasteiger partial charge in [0.05, 0.1) is 13.2 Å². The minimum atomic E-state index is -0.744. The average Bonchev–Trinajstić information content (AvgIpc) is 2.11. The summed E-state index contributed by atoms with van der Waals surface area (Å²) in [6, 6.07) is 2.90. The molecule has 0 amide bonds.